The van der Waals surface area contributed by atoms with E-state index in [0.717, 1.165) is 67.2 Å². The van der Waals surface area contributed by atoms with Crippen molar-refractivity contribution in [1.29, 1.82) is 0 Å². The van der Waals surface area contributed by atoms with Crippen molar-refractivity contribution in [2.24, 2.45) is 0 Å². The van der Waals surface area contributed by atoms with Gasteiger partial charge in [0.2, 0.25) is 5.95 Å². The summed E-state index contributed by atoms with van der Waals surface area (Å²) in [6.45, 7) is 5.20. The van der Waals surface area contributed by atoms with E-state index in [9.17, 15) is 9.59 Å². The van der Waals surface area contributed by atoms with Crippen LogP contribution < -0.4 is 10.9 Å². The Kier molecular flexibility index (Phi) is 5.87. The van der Waals surface area contributed by atoms with Crippen LogP contribution in [0, 0.1) is 6.92 Å². The van der Waals surface area contributed by atoms with E-state index in [4.69, 9.17) is 9.97 Å². The van der Waals surface area contributed by atoms with Gasteiger partial charge in [0.25, 0.3) is 5.56 Å². The first-order valence-corrected chi connectivity index (χ1v) is 13.0. The van der Waals surface area contributed by atoms with Gasteiger partial charge in [-0.2, -0.15) is 4.98 Å². The van der Waals surface area contributed by atoms with E-state index in [1.54, 1.807) is 17.7 Å². The third-order valence-electron chi connectivity index (χ3n) is 7.77. The molecule has 0 bridgehead atoms. The third kappa shape index (κ3) is 4.13. The second kappa shape index (κ2) is 9.23. The van der Waals surface area contributed by atoms with E-state index in [-0.39, 0.29) is 22.9 Å². The molecule has 0 aromatic carbocycles. The minimum Gasteiger partial charge on any atom is -0.359 e. The second-order valence-corrected chi connectivity index (χ2v) is 10.3. The summed E-state index contributed by atoms with van der Waals surface area (Å²) in [6, 6.07) is 3.94. The number of Topliss-reactive ketones (excluding diaryl/α,β-unsaturated/α-hetero) is 1. The Hall–Kier alpha value is -3.85. The molecule has 1 aliphatic heterocycles. The fraction of sp³-hybridized carbons (Fsp3) is 0.393. The number of hydrogen-bond donors (Lipinski definition) is 2. The molecule has 0 unspecified atom stereocenters. The molecule has 37 heavy (non-hydrogen) atoms. The van der Waals surface area contributed by atoms with Crippen molar-refractivity contribution in [2.45, 2.75) is 52.0 Å². The normalized spacial score (nSPS) is 17.0. The first kappa shape index (κ1) is 23.5. The zero-order valence-electron chi connectivity index (χ0n) is 21.5. The van der Waals surface area contributed by atoms with Crippen LogP contribution in [0.1, 0.15) is 66.6 Å². The Labute approximate surface area is 214 Å². The summed E-state index contributed by atoms with van der Waals surface area (Å²) in [5.74, 6) is 0.780. The molecule has 6 rings (SSSR count). The van der Waals surface area contributed by atoms with E-state index in [1.807, 2.05) is 18.3 Å². The lowest BCUT2D eigenvalue weighted by Gasteiger charge is -2.21. The number of likely N-dealkylation sites (N-methyl/N-ethyl adjacent to an activating group) is 1. The van der Waals surface area contributed by atoms with Crippen LogP contribution in [0.25, 0.3) is 27.6 Å². The number of fused-ring (bicyclic) bond motifs is 2. The van der Waals surface area contributed by atoms with Crippen molar-refractivity contribution >= 4 is 45.2 Å². The number of carbonyl (C=O) groups is 1. The lowest BCUT2D eigenvalue weighted by molar-refractivity contribution is 0.101. The van der Waals surface area contributed by atoms with Crippen LogP contribution in [0.4, 0.5) is 11.8 Å². The van der Waals surface area contributed by atoms with Crippen molar-refractivity contribution < 1.29 is 4.79 Å². The number of nitrogens with zero attached hydrogens (tertiary/aromatic N) is 5. The number of pyridine rings is 2. The molecule has 0 atom stereocenters. The van der Waals surface area contributed by atoms with Crippen molar-refractivity contribution in [3.05, 3.63) is 57.6 Å². The molecule has 0 saturated heterocycles. The van der Waals surface area contributed by atoms with Gasteiger partial charge in [-0.1, -0.05) is 18.9 Å². The molecule has 4 aromatic rings. The highest BCUT2D eigenvalue weighted by Gasteiger charge is 2.26. The predicted molar refractivity (Wildman–Crippen MR) is 146 cm³/mol. The Morgan fingerprint density at radius 2 is 2.00 bits per heavy atom. The van der Waals surface area contributed by atoms with Gasteiger partial charge in [-0.3, -0.25) is 14.2 Å². The Bertz CT molecular complexity index is 1630. The zero-order chi connectivity index (χ0) is 25.7. The van der Waals surface area contributed by atoms with Crippen LogP contribution in [0.3, 0.4) is 0 Å². The Morgan fingerprint density at radius 1 is 1.19 bits per heavy atom. The third-order valence-corrected chi connectivity index (χ3v) is 7.77. The topological polar surface area (TPSA) is 109 Å². The molecule has 9 nitrogen and oxygen atoms in total. The van der Waals surface area contributed by atoms with Crippen LogP contribution in [0.15, 0.2) is 35.4 Å². The minimum absolute atomic E-state index is 0.0381. The van der Waals surface area contributed by atoms with Gasteiger partial charge in [0.1, 0.15) is 11.5 Å². The summed E-state index contributed by atoms with van der Waals surface area (Å²) >= 11 is 0. The molecule has 1 saturated carbocycles. The molecular formula is C28H31N7O2. The number of nitrogens with one attached hydrogen (secondary N) is 2. The summed E-state index contributed by atoms with van der Waals surface area (Å²) in [5.41, 5.74) is 5.49. The fourth-order valence-electron chi connectivity index (χ4n) is 5.75. The van der Waals surface area contributed by atoms with Gasteiger partial charge in [-0.15, -0.1) is 0 Å². The van der Waals surface area contributed by atoms with Gasteiger partial charge in [-0.25, -0.2) is 9.97 Å². The SMILES string of the molecule is CC(=O)c1c(C)c2cnc(Nc3ccc4[nH]cc(C5=CCN(C)CC5)c4n3)nc2n(C2CCCC2)c1=O. The van der Waals surface area contributed by atoms with Crippen LogP contribution in [-0.4, -0.2) is 55.3 Å². The highest BCUT2D eigenvalue weighted by atomic mass is 16.1. The van der Waals surface area contributed by atoms with E-state index >= 15 is 0 Å². The molecule has 2 aliphatic rings. The van der Waals surface area contributed by atoms with Crippen molar-refractivity contribution in [3.63, 3.8) is 0 Å². The number of aromatic nitrogens is 5. The quantitative estimate of drug-likeness (QED) is 0.383. The van der Waals surface area contributed by atoms with Gasteiger partial charge < -0.3 is 15.2 Å². The molecule has 4 aromatic heterocycles. The van der Waals surface area contributed by atoms with E-state index in [0.29, 0.717) is 23.0 Å². The number of anilines is 2. The summed E-state index contributed by atoms with van der Waals surface area (Å²) < 4.78 is 1.73. The first-order valence-electron chi connectivity index (χ1n) is 13.0. The Morgan fingerprint density at radius 3 is 2.73 bits per heavy atom. The van der Waals surface area contributed by atoms with Crippen LogP contribution in [0.5, 0.6) is 0 Å². The molecule has 0 amide bonds. The average molecular weight is 498 g/mol. The van der Waals surface area contributed by atoms with Crippen molar-refractivity contribution in [2.75, 3.05) is 25.5 Å². The number of hydrogen-bond acceptors (Lipinski definition) is 7. The predicted octanol–water partition coefficient (Wildman–Crippen LogP) is 4.76. The maximum absolute atomic E-state index is 13.5. The summed E-state index contributed by atoms with van der Waals surface area (Å²) in [5, 5.41) is 3.98. The molecule has 9 heteroatoms. The van der Waals surface area contributed by atoms with E-state index < -0.39 is 0 Å². The summed E-state index contributed by atoms with van der Waals surface area (Å²) in [4.78, 5) is 45.7. The molecule has 5 heterocycles. The summed E-state index contributed by atoms with van der Waals surface area (Å²) in [7, 11) is 2.13. The lowest BCUT2D eigenvalue weighted by atomic mass is 10.0. The number of aryl methyl sites for hydroxylation is 1. The molecule has 190 valence electrons. The highest BCUT2D eigenvalue weighted by molar-refractivity contribution is 5.99. The van der Waals surface area contributed by atoms with E-state index in [1.165, 1.54) is 12.5 Å². The lowest BCUT2D eigenvalue weighted by Crippen LogP contribution is -2.30. The van der Waals surface area contributed by atoms with Crippen molar-refractivity contribution in [1.82, 2.24) is 29.4 Å². The molecule has 0 radical (unpaired) electrons. The van der Waals surface area contributed by atoms with Gasteiger partial charge in [0.05, 0.1) is 16.6 Å². The highest BCUT2D eigenvalue weighted by Crippen LogP contribution is 2.32. The minimum atomic E-state index is -0.253. The van der Waals surface area contributed by atoms with Crippen molar-refractivity contribution in [3.8, 4) is 0 Å². The number of ketones is 1. The van der Waals surface area contributed by atoms with Gasteiger partial charge in [0, 0.05) is 42.5 Å². The smallest absolute Gasteiger partial charge is 0.263 e. The average Bonchev–Trinajstić information content (AvgIpc) is 3.55. The molecular weight excluding hydrogens is 466 g/mol. The first-order chi connectivity index (χ1) is 17.9. The standard InChI is InChI=1S/C28H31N7O2/c1-16-20-14-30-28(33-26(20)35(19-6-4-5-7-19)27(37)24(16)17(2)36)32-23-9-8-22-25(31-23)21(15-29-22)18-10-12-34(3)13-11-18/h8-10,14-15,19,29H,4-7,11-13H2,1-3H3,(H,30,31,32,33). The van der Waals surface area contributed by atoms with Gasteiger partial charge >= 0.3 is 0 Å². The molecule has 0 spiro atoms. The van der Waals surface area contributed by atoms with Crippen LogP contribution in [0.2, 0.25) is 0 Å². The molecule has 1 aliphatic carbocycles. The van der Waals surface area contributed by atoms with Crippen LogP contribution >= 0.6 is 0 Å². The van der Waals surface area contributed by atoms with E-state index in [2.05, 4.69) is 33.3 Å². The number of H-pyrrole nitrogens is 1. The maximum atomic E-state index is 13.5. The van der Waals surface area contributed by atoms with Gasteiger partial charge in [0.15, 0.2) is 5.78 Å². The zero-order valence-corrected chi connectivity index (χ0v) is 21.5. The molecule has 2 N–H and O–H groups in total. The summed E-state index contributed by atoms with van der Waals surface area (Å²) in [6.07, 6.45) is 10.9. The number of aromatic amines is 1. The monoisotopic (exact) mass is 497 g/mol. The number of rotatable bonds is 5. The van der Waals surface area contributed by atoms with Gasteiger partial charge in [-0.05, 0) is 63.4 Å². The van der Waals surface area contributed by atoms with Crippen LogP contribution in [-0.2, 0) is 0 Å². The second-order valence-electron chi connectivity index (χ2n) is 10.3. The fourth-order valence-corrected chi connectivity index (χ4v) is 5.75. The maximum Gasteiger partial charge on any atom is 0.263 e. The Balaban J connectivity index is 1.42. The molecule has 1 fully saturated rings. The largest absolute Gasteiger partial charge is 0.359 e. The number of carbonyl (C=O) groups excluding carboxylic acids is 1.